The van der Waals surface area contributed by atoms with Gasteiger partial charge >= 0.3 is 0 Å². The van der Waals surface area contributed by atoms with Crippen LogP contribution in [0.15, 0.2) is 21.6 Å². The van der Waals surface area contributed by atoms with Gasteiger partial charge in [-0.05, 0) is 38.1 Å². The molecule has 1 aromatic rings. The SMILES string of the molecule is NS(=O)(=O)c1ccc(CNCCN2CCCCC2)o1. The molecular weight excluding hydrogens is 266 g/mol. The van der Waals surface area contributed by atoms with Gasteiger partial charge in [0.1, 0.15) is 5.76 Å². The largest absolute Gasteiger partial charge is 0.447 e. The van der Waals surface area contributed by atoms with Crippen LogP contribution in [0.25, 0.3) is 0 Å². The monoisotopic (exact) mass is 287 g/mol. The summed E-state index contributed by atoms with van der Waals surface area (Å²) in [6.07, 6.45) is 3.92. The predicted molar refractivity (Wildman–Crippen MR) is 72.1 cm³/mol. The molecule has 108 valence electrons. The van der Waals surface area contributed by atoms with Crippen molar-refractivity contribution in [1.82, 2.24) is 10.2 Å². The van der Waals surface area contributed by atoms with Crippen LogP contribution in [0.3, 0.4) is 0 Å². The summed E-state index contributed by atoms with van der Waals surface area (Å²) in [5.74, 6) is 0.586. The molecule has 0 unspecified atom stereocenters. The molecule has 0 bridgehead atoms. The predicted octanol–water partition coefficient (Wildman–Crippen LogP) is 0.502. The zero-order valence-electron chi connectivity index (χ0n) is 11.0. The number of hydrogen-bond donors (Lipinski definition) is 2. The van der Waals surface area contributed by atoms with E-state index in [4.69, 9.17) is 9.56 Å². The van der Waals surface area contributed by atoms with E-state index < -0.39 is 10.0 Å². The number of nitrogens with two attached hydrogens (primary N) is 1. The number of primary sulfonamides is 1. The zero-order valence-corrected chi connectivity index (χ0v) is 11.8. The molecule has 19 heavy (non-hydrogen) atoms. The average molecular weight is 287 g/mol. The number of nitrogens with one attached hydrogen (secondary N) is 1. The lowest BCUT2D eigenvalue weighted by Crippen LogP contribution is -2.35. The quantitative estimate of drug-likeness (QED) is 0.744. The summed E-state index contributed by atoms with van der Waals surface area (Å²) in [5.41, 5.74) is 0. The summed E-state index contributed by atoms with van der Waals surface area (Å²) in [4.78, 5) is 2.44. The van der Waals surface area contributed by atoms with E-state index in [9.17, 15) is 8.42 Å². The van der Waals surface area contributed by atoms with Gasteiger partial charge in [0.2, 0.25) is 5.09 Å². The van der Waals surface area contributed by atoms with Crippen molar-refractivity contribution in [3.63, 3.8) is 0 Å². The molecule has 6 nitrogen and oxygen atoms in total. The van der Waals surface area contributed by atoms with E-state index in [2.05, 4.69) is 10.2 Å². The fourth-order valence-corrected chi connectivity index (χ4v) is 2.72. The topological polar surface area (TPSA) is 88.6 Å². The van der Waals surface area contributed by atoms with Crippen LogP contribution in [0.5, 0.6) is 0 Å². The molecule has 0 spiro atoms. The highest BCUT2D eigenvalue weighted by Gasteiger charge is 2.13. The smallest absolute Gasteiger partial charge is 0.271 e. The highest BCUT2D eigenvalue weighted by Crippen LogP contribution is 2.12. The van der Waals surface area contributed by atoms with E-state index in [1.165, 1.54) is 38.4 Å². The first-order chi connectivity index (χ1) is 9.05. The lowest BCUT2D eigenvalue weighted by Gasteiger charge is -2.26. The second kappa shape index (κ2) is 6.51. The molecule has 0 amide bonds. The van der Waals surface area contributed by atoms with Gasteiger partial charge in [0.05, 0.1) is 6.54 Å². The first-order valence-electron chi connectivity index (χ1n) is 6.60. The Kier molecular flexibility index (Phi) is 4.98. The Balaban J connectivity index is 1.69. The van der Waals surface area contributed by atoms with E-state index in [1.807, 2.05) is 0 Å². The van der Waals surface area contributed by atoms with Crippen molar-refractivity contribution in [3.8, 4) is 0 Å². The molecule has 3 N–H and O–H groups in total. The maximum absolute atomic E-state index is 11.0. The van der Waals surface area contributed by atoms with E-state index in [1.54, 1.807) is 6.07 Å². The third-order valence-electron chi connectivity index (χ3n) is 3.27. The molecule has 0 atom stereocenters. The van der Waals surface area contributed by atoms with Crippen LogP contribution in [-0.4, -0.2) is 39.5 Å². The van der Waals surface area contributed by atoms with Crippen molar-refractivity contribution in [2.45, 2.75) is 30.9 Å². The van der Waals surface area contributed by atoms with E-state index >= 15 is 0 Å². The highest BCUT2D eigenvalue weighted by molar-refractivity contribution is 7.89. The summed E-state index contributed by atoms with van der Waals surface area (Å²) in [7, 11) is -3.73. The fourth-order valence-electron chi connectivity index (χ4n) is 2.24. The van der Waals surface area contributed by atoms with Crippen molar-refractivity contribution < 1.29 is 12.8 Å². The van der Waals surface area contributed by atoms with Crippen molar-refractivity contribution in [3.05, 3.63) is 17.9 Å². The van der Waals surface area contributed by atoms with Crippen LogP contribution in [0.1, 0.15) is 25.0 Å². The number of furan rings is 1. The Morgan fingerprint density at radius 1 is 1.26 bits per heavy atom. The summed E-state index contributed by atoms with van der Waals surface area (Å²) in [6.45, 7) is 4.76. The number of rotatable bonds is 6. The summed E-state index contributed by atoms with van der Waals surface area (Å²) < 4.78 is 27.2. The molecule has 2 rings (SSSR count). The Morgan fingerprint density at radius 3 is 2.63 bits per heavy atom. The van der Waals surface area contributed by atoms with Crippen molar-refractivity contribution in [1.29, 1.82) is 0 Å². The maximum atomic E-state index is 11.0. The van der Waals surface area contributed by atoms with E-state index in [0.29, 0.717) is 12.3 Å². The van der Waals surface area contributed by atoms with Gasteiger partial charge in [-0.25, -0.2) is 13.6 Å². The first kappa shape index (κ1) is 14.5. The lowest BCUT2D eigenvalue weighted by molar-refractivity contribution is 0.228. The van der Waals surface area contributed by atoms with Gasteiger partial charge in [-0.3, -0.25) is 0 Å². The molecule has 1 saturated heterocycles. The maximum Gasteiger partial charge on any atom is 0.271 e. The Labute approximate surface area is 114 Å². The standard InChI is InChI=1S/C12H21N3O3S/c13-19(16,17)12-5-4-11(18-12)10-14-6-9-15-7-2-1-3-8-15/h4-5,14H,1-3,6-10H2,(H2,13,16,17). The molecule has 0 radical (unpaired) electrons. The fraction of sp³-hybridized carbons (Fsp3) is 0.667. The van der Waals surface area contributed by atoms with Gasteiger partial charge in [-0.2, -0.15) is 0 Å². The van der Waals surface area contributed by atoms with Crippen LogP contribution < -0.4 is 10.5 Å². The molecule has 0 aromatic carbocycles. The normalized spacial score (nSPS) is 17.7. The Hall–Kier alpha value is -0.890. The molecule has 0 saturated carbocycles. The molecule has 1 aliphatic rings. The van der Waals surface area contributed by atoms with Gasteiger partial charge in [0, 0.05) is 13.1 Å². The van der Waals surface area contributed by atoms with Gasteiger partial charge in [0.15, 0.2) is 0 Å². The van der Waals surface area contributed by atoms with E-state index in [0.717, 1.165) is 13.1 Å². The third-order valence-corrected chi connectivity index (χ3v) is 4.05. The van der Waals surface area contributed by atoms with E-state index in [-0.39, 0.29) is 5.09 Å². The van der Waals surface area contributed by atoms with Gasteiger partial charge in [0.25, 0.3) is 10.0 Å². The average Bonchev–Trinajstić information content (AvgIpc) is 2.85. The molecule has 1 aliphatic heterocycles. The molecule has 1 aromatic heterocycles. The van der Waals surface area contributed by atoms with Crippen molar-refractivity contribution >= 4 is 10.0 Å². The number of sulfonamides is 1. The Bertz CT molecular complexity index is 492. The molecule has 7 heteroatoms. The van der Waals surface area contributed by atoms with Crippen molar-refractivity contribution in [2.24, 2.45) is 5.14 Å². The third kappa shape index (κ3) is 4.61. The minimum Gasteiger partial charge on any atom is -0.447 e. The Morgan fingerprint density at radius 2 is 2.00 bits per heavy atom. The summed E-state index contributed by atoms with van der Waals surface area (Å²) >= 11 is 0. The number of hydrogen-bond acceptors (Lipinski definition) is 5. The zero-order chi connectivity index (χ0) is 13.7. The van der Waals surface area contributed by atoms with Crippen LogP contribution in [0.4, 0.5) is 0 Å². The molecule has 2 heterocycles. The molecular formula is C12H21N3O3S. The summed E-state index contributed by atoms with van der Waals surface area (Å²) in [5, 5.41) is 8.04. The van der Waals surface area contributed by atoms with Crippen LogP contribution in [0.2, 0.25) is 0 Å². The van der Waals surface area contributed by atoms with Gasteiger partial charge < -0.3 is 14.6 Å². The number of nitrogens with zero attached hydrogens (tertiary/aromatic N) is 1. The molecule has 0 aliphatic carbocycles. The number of piperidine rings is 1. The second-order valence-electron chi connectivity index (χ2n) is 4.84. The lowest BCUT2D eigenvalue weighted by atomic mass is 10.1. The second-order valence-corrected chi connectivity index (χ2v) is 6.34. The van der Waals surface area contributed by atoms with Gasteiger partial charge in [-0.15, -0.1) is 0 Å². The number of likely N-dealkylation sites (tertiary alicyclic amines) is 1. The summed E-state index contributed by atoms with van der Waals surface area (Å²) in [6, 6.07) is 3.02. The van der Waals surface area contributed by atoms with Gasteiger partial charge in [-0.1, -0.05) is 6.42 Å². The van der Waals surface area contributed by atoms with Crippen LogP contribution in [-0.2, 0) is 16.6 Å². The minimum atomic E-state index is -3.73. The minimum absolute atomic E-state index is 0.180. The van der Waals surface area contributed by atoms with Crippen LogP contribution in [0, 0.1) is 0 Å². The first-order valence-corrected chi connectivity index (χ1v) is 8.15. The van der Waals surface area contributed by atoms with Crippen molar-refractivity contribution in [2.75, 3.05) is 26.2 Å². The van der Waals surface area contributed by atoms with Crippen LogP contribution >= 0.6 is 0 Å². The highest BCUT2D eigenvalue weighted by atomic mass is 32.2. The molecule has 1 fully saturated rings.